The topological polar surface area (TPSA) is 237 Å². The number of carbonyl (C=O) groups excluding carboxylic acids is 4. The van der Waals surface area contributed by atoms with E-state index >= 15 is 0 Å². The van der Waals surface area contributed by atoms with E-state index in [-0.39, 0.29) is 25.7 Å². The van der Waals surface area contributed by atoms with Gasteiger partial charge in [0.1, 0.15) is 19.3 Å². The number of aliphatic hydroxyl groups is 1. The number of esters is 4. The van der Waals surface area contributed by atoms with Gasteiger partial charge in [0.15, 0.2) is 12.2 Å². The van der Waals surface area contributed by atoms with Crippen molar-refractivity contribution in [2.75, 3.05) is 39.6 Å². The molecule has 17 nitrogen and oxygen atoms in total. The number of aliphatic hydroxyl groups excluding tert-OH is 1. The van der Waals surface area contributed by atoms with Crippen molar-refractivity contribution in [2.45, 2.75) is 355 Å². The van der Waals surface area contributed by atoms with Gasteiger partial charge in [-0.15, -0.1) is 0 Å². The number of hydrogen-bond donors (Lipinski definition) is 3. The molecule has 0 amide bonds. The van der Waals surface area contributed by atoms with Gasteiger partial charge in [0.05, 0.1) is 26.4 Å². The molecule has 0 rings (SSSR count). The van der Waals surface area contributed by atoms with Crippen molar-refractivity contribution >= 4 is 39.5 Å². The summed E-state index contributed by atoms with van der Waals surface area (Å²) in [5.74, 6) is -0.709. The quantitative estimate of drug-likeness (QED) is 0.0222. The van der Waals surface area contributed by atoms with Gasteiger partial charge in [-0.3, -0.25) is 37.3 Å². The molecule has 5 atom stereocenters. The second-order valence-electron chi connectivity index (χ2n) is 25.2. The molecule has 0 aliphatic rings. The zero-order valence-electron chi connectivity index (χ0n) is 55.6. The third-order valence-electron chi connectivity index (χ3n) is 15.5. The Hall–Kier alpha value is -1.94. The monoisotopic (exact) mass is 1270 g/mol. The number of phosphoric acid groups is 2. The summed E-state index contributed by atoms with van der Waals surface area (Å²) in [6.07, 6.45) is 43.4. The molecule has 0 aromatic heterocycles. The molecule has 0 saturated heterocycles. The molecule has 0 spiro atoms. The molecule has 0 aromatic rings. The molecule has 0 aromatic carbocycles. The number of unbranched alkanes of at least 4 members (excludes halogenated alkanes) is 36. The highest BCUT2D eigenvalue weighted by Crippen LogP contribution is 2.45. The number of hydrogen-bond acceptors (Lipinski definition) is 15. The van der Waals surface area contributed by atoms with Crippen LogP contribution >= 0.6 is 15.6 Å². The summed E-state index contributed by atoms with van der Waals surface area (Å²) >= 11 is 0. The van der Waals surface area contributed by atoms with E-state index in [4.69, 9.17) is 37.0 Å². The Bertz CT molecular complexity index is 1680. The molecule has 0 aliphatic heterocycles. The van der Waals surface area contributed by atoms with Crippen LogP contribution in [0.4, 0.5) is 0 Å². The summed E-state index contributed by atoms with van der Waals surface area (Å²) in [6, 6.07) is 0. The Morgan fingerprint density at radius 2 is 0.535 bits per heavy atom. The van der Waals surface area contributed by atoms with Gasteiger partial charge >= 0.3 is 39.5 Å². The average molecular weight is 1270 g/mol. The lowest BCUT2D eigenvalue weighted by Crippen LogP contribution is -2.30. The van der Waals surface area contributed by atoms with E-state index < -0.39 is 97.5 Å². The van der Waals surface area contributed by atoms with Gasteiger partial charge in [-0.25, -0.2) is 9.13 Å². The molecule has 19 heteroatoms. The van der Waals surface area contributed by atoms with E-state index in [0.717, 1.165) is 109 Å². The smallest absolute Gasteiger partial charge is 0.462 e. The Labute approximate surface area is 524 Å². The average Bonchev–Trinajstić information content (AvgIpc) is 3.67. The maximum Gasteiger partial charge on any atom is 0.472 e. The summed E-state index contributed by atoms with van der Waals surface area (Å²) in [7, 11) is -9.89. The molecule has 510 valence electrons. The fourth-order valence-electron chi connectivity index (χ4n) is 10.1. The molecule has 0 heterocycles. The van der Waals surface area contributed by atoms with Crippen molar-refractivity contribution in [1.29, 1.82) is 0 Å². The largest absolute Gasteiger partial charge is 0.472 e. The minimum atomic E-state index is -4.95. The predicted octanol–water partition coefficient (Wildman–Crippen LogP) is 18.8. The van der Waals surface area contributed by atoms with Crippen LogP contribution in [0.2, 0.25) is 0 Å². The van der Waals surface area contributed by atoms with E-state index in [0.29, 0.717) is 31.6 Å². The normalized spacial score (nSPS) is 14.2. The molecular formula is C67H130O17P2. The van der Waals surface area contributed by atoms with Crippen LogP contribution in [0.5, 0.6) is 0 Å². The molecule has 0 fully saturated rings. The first-order chi connectivity index (χ1) is 41.4. The van der Waals surface area contributed by atoms with Crippen molar-refractivity contribution in [3.63, 3.8) is 0 Å². The molecule has 86 heavy (non-hydrogen) atoms. The molecule has 0 radical (unpaired) electrons. The first kappa shape index (κ1) is 84.1. The van der Waals surface area contributed by atoms with Crippen LogP contribution < -0.4 is 0 Å². The lowest BCUT2D eigenvalue weighted by Gasteiger charge is -2.21. The third-order valence-corrected chi connectivity index (χ3v) is 17.4. The second-order valence-corrected chi connectivity index (χ2v) is 28.1. The molecule has 2 unspecified atom stereocenters. The lowest BCUT2D eigenvalue weighted by molar-refractivity contribution is -0.161. The molecule has 3 N–H and O–H groups in total. The SMILES string of the molecule is CCCCCCCCCCCCCCCCCCCC(=O)O[C@H](COC(=O)CCCCCCCCCCCCC(C)C)COP(=O)(O)OC[C@@H](O)COP(=O)(O)OC[C@@H](COC(=O)CCCCCCCCC)OC(=O)CCCCCCCCC(C)C. The van der Waals surface area contributed by atoms with E-state index in [1.165, 1.54) is 141 Å². The highest BCUT2D eigenvalue weighted by Gasteiger charge is 2.30. The van der Waals surface area contributed by atoms with E-state index in [1.54, 1.807) is 0 Å². The van der Waals surface area contributed by atoms with Crippen LogP contribution in [-0.2, 0) is 65.4 Å². The Morgan fingerprint density at radius 1 is 0.314 bits per heavy atom. The summed E-state index contributed by atoms with van der Waals surface area (Å²) in [5, 5.41) is 10.5. The fourth-order valence-corrected chi connectivity index (χ4v) is 11.6. The van der Waals surface area contributed by atoms with Crippen molar-refractivity contribution in [3.8, 4) is 0 Å². The number of ether oxygens (including phenoxy) is 4. The van der Waals surface area contributed by atoms with Gasteiger partial charge in [-0.05, 0) is 37.5 Å². The highest BCUT2D eigenvalue weighted by atomic mass is 31.2. The van der Waals surface area contributed by atoms with Crippen LogP contribution in [-0.4, -0.2) is 96.7 Å². The summed E-state index contributed by atoms with van der Waals surface area (Å²) in [5.41, 5.74) is 0. The zero-order valence-corrected chi connectivity index (χ0v) is 57.4. The van der Waals surface area contributed by atoms with Crippen LogP contribution in [0.1, 0.15) is 337 Å². The third kappa shape index (κ3) is 60.9. The maximum atomic E-state index is 13.0. The summed E-state index contributed by atoms with van der Waals surface area (Å²) in [6.45, 7) is 9.38. The second kappa shape index (κ2) is 59.4. The van der Waals surface area contributed by atoms with E-state index in [2.05, 4.69) is 41.5 Å². The summed E-state index contributed by atoms with van der Waals surface area (Å²) in [4.78, 5) is 72.2. The van der Waals surface area contributed by atoms with Gasteiger partial charge in [-0.1, -0.05) is 286 Å². The minimum Gasteiger partial charge on any atom is -0.462 e. The molecular weight excluding hydrogens is 1140 g/mol. The molecule has 0 bridgehead atoms. The van der Waals surface area contributed by atoms with Gasteiger partial charge in [0.25, 0.3) is 0 Å². The van der Waals surface area contributed by atoms with Crippen LogP contribution in [0.15, 0.2) is 0 Å². The minimum absolute atomic E-state index is 0.102. The Kier molecular flexibility index (Phi) is 58.0. The first-order valence-corrected chi connectivity index (χ1v) is 38.0. The van der Waals surface area contributed by atoms with Gasteiger partial charge < -0.3 is 33.8 Å². The van der Waals surface area contributed by atoms with Crippen molar-refractivity contribution in [2.24, 2.45) is 11.8 Å². The summed E-state index contributed by atoms with van der Waals surface area (Å²) < 4.78 is 68.0. The van der Waals surface area contributed by atoms with Gasteiger partial charge in [-0.2, -0.15) is 0 Å². The number of carbonyl (C=O) groups is 4. The first-order valence-electron chi connectivity index (χ1n) is 35.0. The van der Waals surface area contributed by atoms with Crippen LogP contribution in [0.3, 0.4) is 0 Å². The number of rotatable bonds is 66. The Morgan fingerprint density at radius 3 is 0.791 bits per heavy atom. The van der Waals surface area contributed by atoms with Gasteiger partial charge in [0, 0.05) is 25.7 Å². The lowest BCUT2D eigenvalue weighted by atomic mass is 10.0. The van der Waals surface area contributed by atoms with E-state index in [9.17, 15) is 43.2 Å². The highest BCUT2D eigenvalue weighted by molar-refractivity contribution is 7.47. The Balaban J connectivity index is 5.19. The van der Waals surface area contributed by atoms with Crippen molar-refractivity contribution in [3.05, 3.63) is 0 Å². The van der Waals surface area contributed by atoms with E-state index in [1.807, 2.05) is 0 Å². The fraction of sp³-hybridized carbons (Fsp3) is 0.940. The maximum absolute atomic E-state index is 13.0. The zero-order chi connectivity index (χ0) is 63.6. The molecule has 0 saturated carbocycles. The van der Waals surface area contributed by atoms with Crippen LogP contribution in [0.25, 0.3) is 0 Å². The predicted molar refractivity (Wildman–Crippen MR) is 345 cm³/mol. The molecule has 0 aliphatic carbocycles. The standard InChI is InChI=1S/C67H130O17P2/c1-7-9-11-13-15-16-17-18-19-20-21-22-23-28-32-39-45-51-66(71)83-62(56-78-65(70)50-44-38-31-27-25-24-26-30-35-41-47-59(3)4)57-81-85(73,74)79-53-61(68)54-80-86(75,76)82-58-63(55-77-64(69)49-43-37-29-14-12-10-8-2)84-67(72)52-46-40-34-33-36-42-48-60(5)6/h59-63,68H,7-58H2,1-6H3,(H,73,74)(H,75,76)/t61-,62-,63-/m1/s1. The van der Waals surface area contributed by atoms with Gasteiger partial charge in [0.2, 0.25) is 0 Å². The number of phosphoric ester groups is 2. The van der Waals surface area contributed by atoms with Crippen molar-refractivity contribution < 1.29 is 80.2 Å². The van der Waals surface area contributed by atoms with Crippen LogP contribution in [0, 0.1) is 11.8 Å². The van der Waals surface area contributed by atoms with Crippen molar-refractivity contribution in [1.82, 2.24) is 0 Å².